The molecule has 4 fully saturated rings. The van der Waals surface area contributed by atoms with Crippen molar-refractivity contribution in [3.8, 4) is 0 Å². The molecule has 4 atom stereocenters. The van der Waals surface area contributed by atoms with Gasteiger partial charge in [-0.25, -0.2) is 0 Å². The van der Waals surface area contributed by atoms with Crippen LogP contribution in [0.5, 0.6) is 0 Å². The zero-order valence-electron chi connectivity index (χ0n) is 35.8. The molecule has 6 aliphatic rings. The molecule has 54 heavy (non-hydrogen) atoms. The summed E-state index contributed by atoms with van der Waals surface area (Å²) in [6, 6.07) is 19.9. The molecule has 0 amide bonds. The van der Waals surface area contributed by atoms with Gasteiger partial charge in [0.25, 0.3) is 0 Å². The van der Waals surface area contributed by atoms with Gasteiger partial charge >= 0.3 is 37.9 Å². The quantitative estimate of drug-likeness (QED) is 0.269. The number of benzene rings is 2. The first kappa shape index (κ1) is 44.0. The molecule has 0 radical (unpaired) electrons. The third kappa shape index (κ3) is 7.27. The van der Waals surface area contributed by atoms with Crippen molar-refractivity contribution in [3.63, 3.8) is 0 Å². The number of hydrogen-bond donors (Lipinski definition) is 0. The average molecular weight is 845 g/mol. The van der Waals surface area contributed by atoms with Crippen LogP contribution in [0.1, 0.15) is 129 Å². The molecule has 0 saturated heterocycles. The van der Waals surface area contributed by atoms with Crippen LogP contribution in [-0.4, -0.2) is 0 Å². The van der Waals surface area contributed by atoms with E-state index in [-0.39, 0.29) is 41.9 Å². The van der Waals surface area contributed by atoms with Gasteiger partial charge in [0.15, 0.2) is 0 Å². The first-order valence-corrected chi connectivity index (χ1v) is 26.8. The van der Waals surface area contributed by atoms with Gasteiger partial charge in [-0.3, -0.25) is 0 Å². The van der Waals surface area contributed by atoms with Crippen molar-refractivity contribution in [1.82, 2.24) is 0 Å². The van der Waals surface area contributed by atoms with E-state index in [0.717, 1.165) is 0 Å². The third-order valence-corrected chi connectivity index (χ3v) is 15.4. The fourth-order valence-corrected chi connectivity index (χ4v) is 12.3. The first-order valence-electron chi connectivity index (χ1n) is 20.5. The standard InChI is InChI=1S/C49H64.2CH3.2ClH.Zr/c1-31-15-19-34(20-16-31)49(33-13-11-12-14-33,35-21-17-32(2)18-22-35)44-38-29-42-40(45(3,4)23-25-47(42,7)8)27-36(38)37-28-41-43(30-39(37)44)48(9,10)26-24-46(41,5)6;;;;;/h15-22,27-30,33,36-39,44H,11-14,23-26H2,1-10H3;2*1H3;2*1H;/q;2*-1;;;+4/p-2. The number of hydrogen-bond acceptors (Lipinski definition) is 0. The Balaban J connectivity index is 0.00000109. The molecule has 0 spiro atoms. The van der Waals surface area contributed by atoms with E-state index in [0.29, 0.717) is 35.5 Å². The monoisotopic (exact) mass is 842 g/mol. The van der Waals surface area contributed by atoms with Gasteiger partial charge in [0.1, 0.15) is 0 Å². The Hall–Kier alpha value is -1.14. The maximum atomic E-state index is 4.93. The molecular formula is C51H70Cl2Zr. The van der Waals surface area contributed by atoms with Crippen molar-refractivity contribution in [2.45, 2.75) is 126 Å². The minimum absolute atomic E-state index is 0. The molecule has 0 aromatic heterocycles. The summed E-state index contributed by atoms with van der Waals surface area (Å²) in [4.78, 5) is 0. The SMILES string of the molecule is Cc1ccc(C(c2ccc(C)cc2)(C2CCCC2)C2C3C=C4C(=CC3C3C=C5C(=CC32)C(C)(C)CCC5(C)C)C(C)(C)CCC4(C)C)cc1.[CH3-].[CH3-].[Cl][Zr+2][Cl]. The Morgan fingerprint density at radius 1 is 0.500 bits per heavy atom. The Bertz CT molecular complexity index is 1650. The summed E-state index contributed by atoms with van der Waals surface area (Å²) < 4.78 is 0. The van der Waals surface area contributed by atoms with Crippen LogP contribution in [0.25, 0.3) is 0 Å². The van der Waals surface area contributed by atoms with E-state index in [9.17, 15) is 0 Å². The van der Waals surface area contributed by atoms with Gasteiger partial charge in [-0.15, -0.1) is 0 Å². The number of aryl methyl sites for hydroxylation is 2. The summed E-state index contributed by atoms with van der Waals surface area (Å²) in [7, 11) is 9.87. The Morgan fingerprint density at radius 3 is 1.07 bits per heavy atom. The van der Waals surface area contributed by atoms with Crippen molar-refractivity contribution >= 4 is 17.0 Å². The Kier molecular flexibility index (Phi) is 12.9. The van der Waals surface area contributed by atoms with Crippen molar-refractivity contribution in [2.24, 2.45) is 57.2 Å². The molecule has 8 rings (SSSR count). The second kappa shape index (κ2) is 15.9. The molecule has 2 aromatic carbocycles. The van der Waals surface area contributed by atoms with Gasteiger partial charge in [0, 0.05) is 5.41 Å². The number of allylic oxidation sites excluding steroid dienone is 8. The summed E-state index contributed by atoms with van der Waals surface area (Å²) in [6.45, 7) is 24.9. The van der Waals surface area contributed by atoms with E-state index in [1.165, 1.54) is 62.5 Å². The molecule has 292 valence electrons. The van der Waals surface area contributed by atoms with Crippen LogP contribution in [0, 0.1) is 85.9 Å². The third-order valence-electron chi connectivity index (χ3n) is 15.4. The second-order valence-corrected chi connectivity index (χ2v) is 24.1. The Morgan fingerprint density at radius 2 is 0.778 bits per heavy atom. The topological polar surface area (TPSA) is 0 Å². The summed E-state index contributed by atoms with van der Waals surface area (Å²) >= 11 is -0.826. The van der Waals surface area contributed by atoms with Crippen LogP contribution < -0.4 is 0 Å². The van der Waals surface area contributed by atoms with E-state index < -0.39 is 20.8 Å². The fraction of sp³-hybridized carbons (Fsp3) is 0.569. The number of halogens is 2. The fourth-order valence-electron chi connectivity index (χ4n) is 12.3. The van der Waals surface area contributed by atoms with Crippen LogP contribution in [-0.2, 0) is 26.3 Å². The zero-order chi connectivity index (χ0) is 37.4. The maximum absolute atomic E-state index is 4.93. The average Bonchev–Trinajstić information content (AvgIpc) is 3.74. The Labute approximate surface area is 350 Å². The van der Waals surface area contributed by atoms with Crippen molar-refractivity contribution < 1.29 is 20.8 Å². The van der Waals surface area contributed by atoms with E-state index >= 15 is 0 Å². The molecule has 3 heteroatoms. The van der Waals surface area contributed by atoms with E-state index in [1.54, 1.807) is 33.4 Å². The molecule has 6 aliphatic carbocycles. The van der Waals surface area contributed by atoms with Gasteiger partial charge < -0.3 is 14.9 Å². The van der Waals surface area contributed by atoms with Crippen molar-refractivity contribution in [3.05, 3.63) is 132 Å². The van der Waals surface area contributed by atoms with Gasteiger partial charge in [0.2, 0.25) is 0 Å². The zero-order valence-corrected chi connectivity index (χ0v) is 39.8. The summed E-state index contributed by atoms with van der Waals surface area (Å²) in [5.41, 5.74) is 13.4. The molecular weight excluding hydrogens is 775 g/mol. The molecule has 0 heterocycles. The molecule has 0 nitrogen and oxygen atoms in total. The molecule has 2 aromatic rings. The van der Waals surface area contributed by atoms with Crippen LogP contribution in [0.15, 0.2) is 95.1 Å². The van der Waals surface area contributed by atoms with Crippen molar-refractivity contribution in [2.75, 3.05) is 0 Å². The number of rotatable bonds is 4. The minimum atomic E-state index is -0.826. The summed E-state index contributed by atoms with van der Waals surface area (Å²) in [5, 5.41) is 0. The van der Waals surface area contributed by atoms with E-state index in [2.05, 4.69) is 142 Å². The molecule has 4 unspecified atom stereocenters. The van der Waals surface area contributed by atoms with Gasteiger partial charge in [-0.1, -0.05) is 152 Å². The molecule has 0 bridgehead atoms. The van der Waals surface area contributed by atoms with Crippen LogP contribution >= 0.6 is 17.0 Å². The normalized spacial score (nSPS) is 29.7. The van der Waals surface area contributed by atoms with Crippen molar-refractivity contribution in [1.29, 1.82) is 0 Å². The summed E-state index contributed by atoms with van der Waals surface area (Å²) in [5.74, 6) is 3.21. The molecule has 4 saturated carbocycles. The van der Waals surface area contributed by atoms with E-state index in [4.69, 9.17) is 17.0 Å². The van der Waals surface area contributed by atoms with Crippen LogP contribution in [0.4, 0.5) is 0 Å². The first-order chi connectivity index (χ1) is 24.5. The molecule has 0 N–H and O–H groups in total. The predicted octanol–water partition coefficient (Wildman–Crippen LogP) is 15.6. The molecule has 0 aliphatic heterocycles. The van der Waals surface area contributed by atoms with Gasteiger partial charge in [0.05, 0.1) is 0 Å². The van der Waals surface area contributed by atoms with Crippen LogP contribution in [0.3, 0.4) is 0 Å². The van der Waals surface area contributed by atoms with Crippen LogP contribution in [0.2, 0.25) is 0 Å². The second-order valence-electron chi connectivity index (χ2n) is 20.3. The van der Waals surface area contributed by atoms with E-state index in [1.807, 2.05) is 0 Å². The summed E-state index contributed by atoms with van der Waals surface area (Å²) in [6.07, 6.45) is 22.1. The van der Waals surface area contributed by atoms with Gasteiger partial charge in [-0.2, -0.15) is 0 Å². The number of fused-ring (bicyclic) bond motifs is 5. The predicted molar refractivity (Wildman–Crippen MR) is 233 cm³/mol. The van der Waals surface area contributed by atoms with Gasteiger partial charge in [-0.05, 0) is 143 Å².